The molecule has 0 bridgehead atoms. The van der Waals surface area contributed by atoms with E-state index >= 15 is 0 Å². The maximum Gasteiger partial charge on any atom is 0.138 e. The van der Waals surface area contributed by atoms with Crippen molar-refractivity contribution in [2.75, 3.05) is 0 Å². The Balaban J connectivity index is -0.000000162. The first-order chi connectivity index (χ1) is 24.5. The lowest BCUT2D eigenvalue weighted by atomic mass is 10.0. The van der Waals surface area contributed by atoms with E-state index in [1.54, 1.807) is 74.2 Å². The number of hydrogen-bond donors (Lipinski definition) is 0. The van der Waals surface area contributed by atoms with Gasteiger partial charge in [-0.2, -0.15) is 5.10 Å². The van der Waals surface area contributed by atoms with Crippen LogP contribution in [0.2, 0.25) is 0 Å². The van der Waals surface area contributed by atoms with Gasteiger partial charge in [0.25, 0.3) is 0 Å². The number of nitrogens with zero attached hydrogens (tertiary/aromatic N) is 9. The van der Waals surface area contributed by atoms with Gasteiger partial charge in [-0.1, -0.05) is 137 Å². The second-order valence-electron chi connectivity index (χ2n) is 17.1. The maximum atomic E-state index is 3.78. The third-order valence-corrected chi connectivity index (χ3v) is 2.49. The standard InChI is InChI=1S/2C5H5N.3C5H12.2C4H4N2.2C4H10.C3H3N3/c2*1-2-4-6-5-3-1;3*1-5(2,3)4;1-2-6-4-3-5-1;1-2-5-4-6-3-1;2*1-4(2)3;1-2-5-6-3-4-1/h2*1-5H;3*1-4H3;2*1-4H;2*4H,1-3H3;1-3H. The molecule has 9 heteroatoms. The number of aromatic nitrogens is 9. The molecule has 0 atom stereocenters. The van der Waals surface area contributed by atoms with Crippen LogP contribution in [0.15, 0.2) is 129 Å². The lowest BCUT2D eigenvalue weighted by Crippen LogP contribution is -1.93. The Hall–Kier alpha value is -4.53. The third-order valence-electron chi connectivity index (χ3n) is 2.49. The predicted octanol–water partition coefficient (Wildman–Crippen LogP) is 12.5. The summed E-state index contributed by atoms with van der Waals surface area (Å²) in [5.41, 5.74) is 1.50. The molecule has 9 nitrogen and oxygen atoms in total. The summed E-state index contributed by atoms with van der Waals surface area (Å²) in [5, 5.41) is 6.90. The van der Waals surface area contributed by atoms with E-state index in [1.807, 2.05) is 36.4 Å². The molecule has 0 aliphatic rings. The van der Waals surface area contributed by atoms with Crippen LogP contribution < -0.4 is 0 Å². The van der Waals surface area contributed by atoms with Gasteiger partial charge in [0.15, 0.2) is 0 Å². The molecule has 0 unspecified atom stereocenters. The monoisotopic (exact) mass is 732 g/mol. The van der Waals surface area contributed by atoms with E-state index in [0.717, 1.165) is 11.8 Å². The van der Waals surface area contributed by atoms with Gasteiger partial charge >= 0.3 is 0 Å². The molecule has 0 amide bonds. The first-order valence-corrected chi connectivity index (χ1v) is 18.1. The van der Waals surface area contributed by atoms with Gasteiger partial charge < -0.3 is 0 Å². The molecule has 5 aromatic heterocycles. The van der Waals surface area contributed by atoms with Crippen LogP contribution in [-0.4, -0.2) is 45.1 Å². The van der Waals surface area contributed by atoms with Crippen LogP contribution in [0.3, 0.4) is 0 Å². The van der Waals surface area contributed by atoms with Crippen molar-refractivity contribution in [1.29, 1.82) is 0 Å². The van der Waals surface area contributed by atoms with Crippen LogP contribution in [-0.2, 0) is 0 Å². The summed E-state index contributed by atoms with van der Waals surface area (Å²) in [6.07, 6.45) is 22.9. The van der Waals surface area contributed by atoms with E-state index in [2.05, 4.69) is 170 Å². The molecule has 0 aromatic carbocycles. The molecule has 298 valence electrons. The largest absolute Gasteiger partial charge is 0.265 e. The normalized spacial score (nSPS) is 9.28. The van der Waals surface area contributed by atoms with Crippen LogP contribution in [0.1, 0.15) is 125 Å². The smallest absolute Gasteiger partial charge is 0.138 e. The summed E-state index contributed by atoms with van der Waals surface area (Å²) >= 11 is 0. The Labute approximate surface area is 326 Å². The Morgan fingerprint density at radius 1 is 0.264 bits per heavy atom. The topological polar surface area (TPSA) is 116 Å². The number of pyridine rings is 2. The van der Waals surface area contributed by atoms with Crippen molar-refractivity contribution in [3.8, 4) is 0 Å². The van der Waals surface area contributed by atoms with Gasteiger partial charge in [-0.15, -0.1) is 5.10 Å². The molecule has 0 saturated carbocycles. The highest BCUT2D eigenvalue weighted by molar-refractivity contribution is 4.88. The molecule has 0 aliphatic carbocycles. The van der Waals surface area contributed by atoms with E-state index in [9.17, 15) is 0 Å². The predicted molar refractivity (Wildman–Crippen MR) is 229 cm³/mol. The van der Waals surface area contributed by atoms with Crippen LogP contribution in [0, 0.1) is 28.1 Å². The Morgan fingerprint density at radius 3 is 0.566 bits per heavy atom. The SMILES string of the molecule is CC(C)(C)C.CC(C)(C)C.CC(C)(C)C.CC(C)C.CC(C)C.c1ccncc1.c1ccncc1.c1cnccn1.c1cncnc1.c1cnncn1. The van der Waals surface area contributed by atoms with Crippen molar-refractivity contribution in [2.24, 2.45) is 28.1 Å². The average molecular weight is 732 g/mol. The summed E-state index contributed by atoms with van der Waals surface area (Å²) in [6, 6.07) is 13.2. The molecule has 53 heavy (non-hydrogen) atoms. The fourth-order valence-electron chi connectivity index (χ4n) is 1.34. The molecule has 0 fully saturated rings. The van der Waals surface area contributed by atoms with E-state index in [1.165, 1.54) is 18.9 Å². The maximum absolute atomic E-state index is 3.78. The van der Waals surface area contributed by atoms with Crippen molar-refractivity contribution in [1.82, 2.24) is 45.1 Å². The summed E-state index contributed by atoms with van der Waals surface area (Å²) in [7, 11) is 0. The molecule has 5 rings (SSSR count). The Kier molecular flexibility index (Phi) is 45.7. The first kappa shape index (κ1) is 57.8. The minimum atomic E-state index is 0.500. The number of rotatable bonds is 0. The second kappa shape index (κ2) is 41.9. The van der Waals surface area contributed by atoms with Gasteiger partial charge in [-0.25, -0.2) is 15.0 Å². The zero-order valence-corrected chi connectivity index (χ0v) is 36.8. The summed E-state index contributed by atoms with van der Waals surface area (Å²) in [5.74, 6) is 1.67. The van der Waals surface area contributed by atoms with Crippen molar-refractivity contribution in [3.63, 3.8) is 0 Å². The van der Waals surface area contributed by atoms with E-state index < -0.39 is 0 Å². The van der Waals surface area contributed by atoms with Gasteiger partial charge in [-0.3, -0.25) is 19.9 Å². The van der Waals surface area contributed by atoms with E-state index in [0.29, 0.717) is 16.2 Å². The molecule has 5 heterocycles. The third kappa shape index (κ3) is 151. The molecule has 0 aliphatic heterocycles. The van der Waals surface area contributed by atoms with Crippen LogP contribution in [0.4, 0.5) is 0 Å². The summed E-state index contributed by atoms with van der Waals surface area (Å²) < 4.78 is 0. The van der Waals surface area contributed by atoms with Crippen molar-refractivity contribution in [2.45, 2.75) is 125 Å². The molecule has 0 saturated heterocycles. The van der Waals surface area contributed by atoms with Gasteiger partial charge in [0.1, 0.15) is 12.7 Å². The first-order valence-electron chi connectivity index (χ1n) is 18.1. The Morgan fingerprint density at radius 2 is 0.491 bits per heavy atom. The molecule has 0 spiro atoms. The van der Waals surface area contributed by atoms with Crippen molar-refractivity contribution in [3.05, 3.63) is 129 Å². The fourth-order valence-corrected chi connectivity index (χ4v) is 1.34. The zero-order valence-electron chi connectivity index (χ0n) is 36.8. The van der Waals surface area contributed by atoms with Crippen LogP contribution in [0.5, 0.6) is 0 Å². The number of hydrogen-bond acceptors (Lipinski definition) is 9. The second-order valence-corrected chi connectivity index (χ2v) is 17.1. The highest BCUT2D eigenvalue weighted by atomic mass is 15.1. The summed E-state index contributed by atoms with van der Waals surface area (Å²) in [4.78, 5) is 26.0. The lowest BCUT2D eigenvalue weighted by Gasteiger charge is -2.05. The van der Waals surface area contributed by atoms with Crippen molar-refractivity contribution < 1.29 is 0 Å². The van der Waals surface area contributed by atoms with E-state index in [-0.39, 0.29) is 0 Å². The van der Waals surface area contributed by atoms with Crippen LogP contribution in [0.25, 0.3) is 0 Å². The molecular formula is C44H77N9. The summed E-state index contributed by atoms with van der Waals surface area (Å²) in [6.45, 7) is 39.2. The molecule has 0 radical (unpaired) electrons. The molecule has 5 aromatic rings. The van der Waals surface area contributed by atoms with Gasteiger partial charge in [0, 0.05) is 68.2 Å². The average Bonchev–Trinajstić information content (AvgIpc) is 3.07. The quantitative estimate of drug-likeness (QED) is 0.153. The van der Waals surface area contributed by atoms with E-state index in [4.69, 9.17) is 0 Å². The zero-order chi connectivity index (χ0) is 41.9. The Bertz CT molecular complexity index is 868. The molecular weight excluding hydrogens is 655 g/mol. The van der Waals surface area contributed by atoms with Crippen molar-refractivity contribution >= 4 is 0 Å². The lowest BCUT2D eigenvalue weighted by molar-refractivity contribution is 0.469. The van der Waals surface area contributed by atoms with Gasteiger partial charge in [0.2, 0.25) is 0 Å². The van der Waals surface area contributed by atoms with Crippen LogP contribution >= 0.6 is 0 Å². The minimum Gasteiger partial charge on any atom is -0.265 e. The highest BCUT2D eigenvalue weighted by Gasteiger charge is 1.96. The fraction of sp³-hybridized carbons (Fsp3) is 0.523. The van der Waals surface area contributed by atoms with Gasteiger partial charge in [0.05, 0.1) is 6.20 Å². The molecule has 0 N–H and O–H groups in total. The van der Waals surface area contributed by atoms with Gasteiger partial charge in [-0.05, 0) is 58.4 Å². The minimum absolute atomic E-state index is 0.500. The highest BCUT2D eigenvalue weighted by Crippen LogP contribution is 2.09.